The number of benzene rings is 2. The molecule has 6 rings (SSSR count). The summed E-state index contributed by atoms with van der Waals surface area (Å²) in [6.45, 7) is 9.17. The third kappa shape index (κ3) is 4.73. The van der Waals surface area contributed by atoms with Gasteiger partial charge in [0, 0.05) is 48.9 Å². The molecule has 0 radical (unpaired) electrons. The fourth-order valence-electron chi connectivity index (χ4n) is 5.06. The number of aromatic nitrogens is 2. The van der Waals surface area contributed by atoms with Crippen molar-refractivity contribution in [2.24, 2.45) is 0 Å². The van der Waals surface area contributed by atoms with Gasteiger partial charge >= 0.3 is 0 Å². The van der Waals surface area contributed by atoms with Gasteiger partial charge in [-0.3, -0.25) is 0 Å². The third-order valence-electron chi connectivity index (χ3n) is 6.97. The molecule has 0 spiro atoms. The molecule has 0 aliphatic carbocycles. The van der Waals surface area contributed by atoms with Crippen LogP contribution in [-0.2, 0) is 6.42 Å². The van der Waals surface area contributed by atoms with Crippen LogP contribution < -0.4 is 19.9 Å². The number of nitrogens with one attached hydrogen (secondary N) is 1. The molecule has 2 aliphatic rings. The van der Waals surface area contributed by atoms with E-state index in [1.807, 2.05) is 13.8 Å². The Bertz CT molecular complexity index is 1450. The summed E-state index contributed by atoms with van der Waals surface area (Å²) in [4.78, 5) is 13.3. The molecule has 4 heterocycles. The second-order valence-corrected chi connectivity index (χ2v) is 10.9. The maximum absolute atomic E-state index is 15.0. The number of fused-ring (bicyclic) bond motifs is 2. The van der Waals surface area contributed by atoms with Gasteiger partial charge in [0.25, 0.3) is 0 Å². The predicted molar refractivity (Wildman–Crippen MR) is 145 cm³/mol. The molecule has 37 heavy (non-hydrogen) atoms. The van der Waals surface area contributed by atoms with Gasteiger partial charge in [0.05, 0.1) is 23.4 Å². The van der Waals surface area contributed by atoms with Crippen molar-refractivity contribution in [2.45, 2.75) is 26.3 Å². The lowest BCUT2D eigenvalue weighted by atomic mass is 10.1. The van der Waals surface area contributed by atoms with E-state index in [1.165, 1.54) is 27.4 Å². The Kier molecular flexibility index (Phi) is 6.42. The number of rotatable bonds is 5. The van der Waals surface area contributed by atoms with Crippen LogP contribution in [0.1, 0.15) is 25.2 Å². The molecule has 2 aromatic carbocycles. The first-order valence-corrected chi connectivity index (χ1v) is 13.5. The van der Waals surface area contributed by atoms with Crippen molar-refractivity contribution in [1.82, 2.24) is 15.3 Å². The molecule has 192 valence electrons. The van der Waals surface area contributed by atoms with E-state index in [9.17, 15) is 8.78 Å². The van der Waals surface area contributed by atoms with Crippen molar-refractivity contribution in [3.05, 3.63) is 65.6 Å². The Morgan fingerprint density at radius 1 is 1.05 bits per heavy atom. The Labute approximate surface area is 218 Å². The van der Waals surface area contributed by atoms with Crippen LogP contribution in [0.5, 0.6) is 5.75 Å². The maximum Gasteiger partial charge on any atom is 0.178 e. The van der Waals surface area contributed by atoms with Crippen LogP contribution in [0.2, 0.25) is 0 Å². The molecular formula is C28H29F2N5OS. The van der Waals surface area contributed by atoms with E-state index in [4.69, 9.17) is 4.74 Å². The lowest BCUT2D eigenvalue weighted by Crippen LogP contribution is -2.43. The third-order valence-corrected chi connectivity index (χ3v) is 8.12. The lowest BCUT2D eigenvalue weighted by Gasteiger charge is -2.34. The van der Waals surface area contributed by atoms with E-state index in [0.717, 1.165) is 31.7 Å². The molecule has 1 fully saturated rings. The summed E-state index contributed by atoms with van der Waals surface area (Å²) in [5, 5.41) is 5.89. The molecule has 0 amide bonds. The predicted octanol–water partition coefficient (Wildman–Crippen LogP) is 5.24. The van der Waals surface area contributed by atoms with Gasteiger partial charge in [-0.2, -0.15) is 0 Å². The monoisotopic (exact) mass is 521 g/mol. The van der Waals surface area contributed by atoms with E-state index in [-0.39, 0.29) is 17.5 Å². The zero-order chi connectivity index (χ0) is 25.5. The number of thiophene rings is 1. The Hall–Kier alpha value is -3.30. The zero-order valence-corrected chi connectivity index (χ0v) is 21.7. The van der Waals surface area contributed by atoms with Crippen LogP contribution >= 0.6 is 11.3 Å². The van der Waals surface area contributed by atoms with Crippen LogP contribution in [0.15, 0.2) is 42.6 Å². The zero-order valence-electron chi connectivity index (χ0n) is 20.9. The van der Waals surface area contributed by atoms with Crippen molar-refractivity contribution < 1.29 is 13.5 Å². The Morgan fingerprint density at radius 2 is 1.89 bits per heavy atom. The van der Waals surface area contributed by atoms with E-state index >= 15 is 0 Å². The second kappa shape index (κ2) is 9.87. The first-order chi connectivity index (χ1) is 18.0. The van der Waals surface area contributed by atoms with Crippen molar-refractivity contribution in [2.75, 3.05) is 49.1 Å². The maximum atomic E-state index is 15.0. The van der Waals surface area contributed by atoms with E-state index < -0.39 is 11.6 Å². The minimum absolute atomic E-state index is 0.0965. The van der Waals surface area contributed by atoms with E-state index in [1.54, 1.807) is 17.4 Å². The van der Waals surface area contributed by atoms with Gasteiger partial charge < -0.3 is 19.9 Å². The first-order valence-electron chi connectivity index (χ1n) is 12.7. The molecule has 1 saturated heterocycles. The first kappa shape index (κ1) is 24.1. The molecule has 0 atom stereocenters. The van der Waals surface area contributed by atoms with E-state index in [2.05, 4.69) is 49.4 Å². The van der Waals surface area contributed by atoms with Gasteiger partial charge in [0.15, 0.2) is 17.4 Å². The van der Waals surface area contributed by atoms with Crippen molar-refractivity contribution in [3.8, 4) is 17.0 Å². The highest BCUT2D eigenvalue weighted by Gasteiger charge is 2.25. The molecule has 0 unspecified atom stereocenters. The summed E-state index contributed by atoms with van der Waals surface area (Å²) in [5.41, 5.74) is 2.15. The van der Waals surface area contributed by atoms with Gasteiger partial charge in [0.1, 0.15) is 18.1 Å². The molecule has 0 saturated carbocycles. The highest BCUT2D eigenvalue weighted by molar-refractivity contribution is 7.22. The number of anilines is 2. The second-order valence-electron chi connectivity index (χ2n) is 9.80. The number of nitrogens with zero attached hydrogens (tertiary/aromatic N) is 4. The summed E-state index contributed by atoms with van der Waals surface area (Å²) in [5.74, 6) is -0.390. The van der Waals surface area contributed by atoms with Crippen molar-refractivity contribution in [3.63, 3.8) is 0 Å². The summed E-state index contributed by atoms with van der Waals surface area (Å²) in [6, 6.07) is 11.8. The van der Waals surface area contributed by atoms with Crippen LogP contribution in [0.4, 0.5) is 19.5 Å². The van der Waals surface area contributed by atoms with Gasteiger partial charge in [-0.1, -0.05) is 12.1 Å². The average Bonchev–Trinajstić information content (AvgIpc) is 3.33. The molecule has 9 heteroatoms. The Balaban J connectivity index is 1.30. The smallest absolute Gasteiger partial charge is 0.178 e. The largest absolute Gasteiger partial charge is 0.486 e. The Morgan fingerprint density at radius 3 is 2.70 bits per heavy atom. The van der Waals surface area contributed by atoms with Crippen LogP contribution in [-0.4, -0.2) is 55.3 Å². The summed E-state index contributed by atoms with van der Waals surface area (Å²) in [6.07, 6.45) is 1.64. The summed E-state index contributed by atoms with van der Waals surface area (Å²) >= 11 is 1.79. The van der Waals surface area contributed by atoms with Crippen molar-refractivity contribution >= 4 is 32.1 Å². The lowest BCUT2D eigenvalue weighted by molar-refractivity contribution is 0.287. The minimum Gasteiger partial charge on any atom is -0.486 e. The molecule has 4 aromatic rings. The van der Waals surface area contributed by atoms with Crippen LogP contribution in [0.25, 0.3) is 21.3 Å². The quantitative estimate of drug-likeness (QED) is 0.388. The number of halogens is 2. The van der Waals surface area contributed by atoms with Crippen molar-refractivity contribution in [1.29, 1.82) is 0 Å². The number of hydrogen-bond acceptors (Lipinski definition) is 7. The minimum atomic E-state index is -0.578. The summed E-state index contributed by atoms with van der Waals surface area (Å²) < 4.78 is 36.7. The van der Waals surface area contributed by atoms with Gasteiger partial charge in [0.2, 0.25) is 0 Å². The van der Waals surface area contributed by atoms with Gasteiger partial charge in [-0.15, -0.1) is 11.3 Å². The normalized spacial score (nSPS) is 15.8. The fourth-order valence-corrected chi connectivity index (χ4v) is 6.24. The average molecular weight is 522 g/mol. The number of ether oxygens (including phenoxy) is 1. The molecular weight excluding hydrogens is 492 g/mol. The highest BCUT2D eigenvalue weighted by Crippen LogP contribution is 2.39. The SMILES string of the molecule is CC(C)N1CCOc2c(F)cc(-c3nc(Cc4ccc5cc(N6CCNCC6)sc5c4)ncc3F)cc21. The molecule has 0 bridgehead atoms. The van der Waals surface area contributed by atoms with Crippen LogP contribution in [0.3, 0.4) is 0 Å². The molecule has 2 aromatic heterocycles. The standard InChI is InChI=1S/C28H29F2N5OS/c1-17(2)35-9-10-36-28-21(29)13-20(14-23(28)35)27-22(30)16-32-25(33-27)12-18-3-4-19-15-26(37-24(19)11-18)34-7-5-31-6-8-34/h3-4,11,13-17,31H,5-10,12H2,1-2H3. The number of piperazine rings is 1. The van der Waals surface area contributed by atoms with Gasteiger partial charge in [-0.05, 0) is 49.1 Å². The van der Waals surface area contributed by atoms with Crippen LogP contribution in [0, 0.1) is 11.6 Å². The fraction of sp³-hybridized carbons (Fsp3) is 0.357. The topological polar surface area (TPSA) is 53.5 Å². The molecule has 6 nitrogen and oxygen atoms in total. The van der Waals surface area contributed by atoms with E-state index in [0.29, 0.717) is 36.6 Å². The molecule has 2 aliphatic heterocycles. The van der Waals surface area contributed by atoms with Gasteiger partial charge in [-0.25, -0.2) is 18.7 Å². The number of hydrogen-bond donors (Lipinski definition) is 1. The highest BCUT2D eigenvalue weighted by atomic mass is 32.1. The summed E-state index contributed by atoms with van der Waals surface area (Å²) in [7, 11) is 0. The molecule has 1 N–H and O–H groups in total.